The quantitative estimate of drug-likeness (QED) is 0.749. The normalized spacial score (nSPS) is 10.7. The predicted octanol–water partition coefficient (Wildman–Crippen LogP) is 2.81. The van der Waals surface area contributed by atoms with Gasteiger partial charge in [-0.2, -0.15) is 15.0 Å². The lowest BCUT2D eigenvalue weighted by molar-refractivity contribution is 0.288. The van der Waals surface area contributed by atoms with Crippen LogP contribution in [0.3, 0.4) is 0 Å². The molecule has 0 aromatic carbocycles. The summed E-state index contributed by atoms with van der Waals surface area (Å²) in [5.41, 5.74) is 0. The minimum absolute atomic E-state index is 0.180. The van der Waals surface area contributed by atoms with E-state index in [0.29, 0.717) is 23.0 Å². The Morgan fingerprint density at radius 1 is 1.33 bits per heavy atom. The van der Waals surface area contributed by atoms with E-state index in [1.54, 1.807) is 0 Å². The summed E-state index contributed by atoms with van der Waals surface area (Å²) in [6.07, 6.45) is 0.913. The molecular formula is C9H14ClN3OS. The Balaban J connectivity index is 2.75. The maximum absolute atomic E-state index is 5.76. The molecule has 1 heterocycles. The summed E-state index contributed by atoms with van der Waals surface area (Å²) in [4.78, 5) is 12.0. The number of thioether (sulfide) groups is 1. The highest BCUT2D eigenvalue weighted by Crippen LogP contribution is 2.21. The average Bonchev–Trinajstić information content (AvgIpc) is 2.12. The van der Waals surface area contributed by atoms with Gasteiger partial charge in [-0.15, -0.1) is 0 Å². The van der Waals surface area contributed by atoms with E-state index in [2.05, 4.69) is 28.8 Å². The first-order valence-electron chi connectivity index (χ1n) is 4.83. The molecule has 0 amide bonds. The van der Waals surface area contributed by atoms with Gasteiger partial charge in [-0.3, -0.25) is 0 Å². The lowest BCUT2D eigenvalue weighted by Crippen LogP contribution is -2.03. The van der Waals surface area contributed by atoms with Gasteiger partial charge in [0, 0.05) is 5.25 Å². The van der Waals surface area contributed by atoms with Crippen molar-refractivity contribution in [2.24, 2.45) is 0 Å². The van der Waals surface area contributed by atoms with Crippen LogP contribution in [0.5, 0.6) is 6.01 Å². The van der Waals surface area contributed by atoms with E-state index in [9.17, 15) is 0 Å². The first kappa shape index (κ1) is 12.5. The summed E-state index contributed by atoms with van der Waals surface area (Å²) in [5, 5.41) is 1.19. The van der Waals surface area contributed by atoms with Crippen LogP contribution < -0.4 is 4.74 Å². The number of hydrogen-bond acceptors (Lipinski definition) is 5. The molecule has 0 unspecified atom stereocenters. The van der Waals surface area contributed by atoms with Gasteiger partial charge in [0.1, 0.15) is 0 Å². The summed E-state index contributed by atoms with van der Waals surface area (Å²) < 4.78 is 5.30. The standard InChI is InChI=1S/C9H14ClN3OS/c1-4-5-14-8-11-7(10)12-9(13-8)15-6(2)3/h6H,4-5H2,1-3H3. The number of rotatable bonds is 5. The highest BCUT2D eigenvalue weighted by molar-refractivity contribution is 7.99. The molecule has 0 saturated carbocycles. The number of ether oxygens (including phenoxy) is 1. The first-order valence-corrected chi connectivity index (χ1v) is 6.08. The smallest absolute Gasteiger partial charge is 0.321 e. The van der Waals surface area contributed by atoms with Gasteiger partial charge >= 0.3 is 6.01 Å². The van der Waals surface area contributed by atoms with Crippen molar-refractivity contribution < 1.29 is 4.74 Å². The molecule has 0 saturated heterocycles. The molecule has 0 radical (unpaired) electrons. The molecule has 0 atom stereocenters. The van der Waals surface area contributed by atoms with E-state index in [0.717, 1.165) is 6.42 Å². The maximum Gasteiger partial charge on any atom is 0.321 e. The molecule has 0 N–H and O–H groups in total. The van der Waals surface area contributed by atoms with Gasteiger partial charge in [-0.1, -0.05) is 32.5 Å². The molecule has 0 bridgehead atoms. The van der Waals surface area contributed by atoms with Crippen LogP contribution in [-0.4, -0.2) is 26.8 Å². The molecule has 0 aliphatic carbocycles. The van der Waals surface area contributed by atoms with Gasteiger partial charge in [0.25, 0.3) is 0 Å². The van der Waals surface area contributed by atoms with Crippen molar-refractivity contribution in [3.05, 3.63) is 5.28 Å². The third kappa shape index (κ3) is 4.66. The molecule has 84 valence electrons. The SMILES string of the molecule is CCCOc1nc(Cl)nc(SC(C)C)n1. The Labute approximate surface area is 98.8 Å². The molecule has 0 aliphatic heterocycles. The number of hydrogen-bond donors (Lipinski definition) is 0. The minimum atomic E-state index is 0.180. The molecule has 0 aliphatic rings. The van der Waals surface area contributed by atoms with Crippen molar-refractivity contribution in [1.29, 1.82) is 0 Å². The van der Waals surface area contributed by atoms with Crippen molar-refractivity contribution in [1.82, 2.24) is 15.0 Å². The van der Waals surface area contributed by atoms with E-state index >= 15 is 0 Å². The number of aromatic nitrogens is 3. The van der Waals surface area contributed by atoms with Gasteiger partial charge in [-0.25, -0.2) is 0 Å². The highest BCUT2D eigenvalue weighted by atomic mass is 35.5. The zero-order valence-corrected chi connectivity index (χ0v) is 10.6. The Kier molecular flexibility index (Phi) is 5.11. The third-order valence-electron chi connectivity index (χ3n) is 1.34. The van der Waals surface area contributed by atoms with Crippen LogP contribution >= 0.6 is 23.4 Å². The zero-order valence-electron chi connectivity index (χ0n) is 9.03. The molecular weight excluding hydrogens is 234 g/mol. The van der Waals surface area contributed by atoms with Crippen molar-refractivity contribution in [2.75, 3.05) is 6.61 Å². The van der Waals surface area contributed by atoms with Gasteiger partial charge in [0.2, 0.25) is 5.28 Å². The zero-order chi connectivity index (χ0) is 11.3. The minimum Gasteiger partial charge on any atom is -0.463 e. The van der Waals surface area contributed by atoms with E-state index in [1.807, 2.05) is 6.92 Å². The van der Waals surface area contributed by atoms with Crippen molar-refractivity contribution in [2.45, 2.75) is 37.6 Å². The van der Waals surface area contributed by atoms with Crippen LogP contribution in [-0.2, 0) is 0 Å². The van der Waals surface area contributed by atoms with E-state index < -0.39 is 0 Å². The summed E-state index contributed by atoms with van der Waals surface area (Å²) in [7, 11) is 0. The lowest BCUT2D eigenvalue weighted by Gasteiger charge is -2.06. The first-order chi connectivity index (χ1) is 7.11. The largest absolute Gasteiger partial charge is 0.463 e. The van der Waals surface area contributed by atoms with Crippen LogP contribution in [0.4, 0.5) is 0 Å². The predicted molar refractivity (Wildman–Crippen MR) is 61.6 cm³/mol. The lowest BCUT2D eigenvalue weighted by atomic mass is 10.5. The van der Waals surface area contributed by atoms with E-state index in [1.165, 1.54) is 11.8 Å². The molecule has 15 heavy (non-hydrogen) atoms. The number of nitrogens with zero attached hydrogens (tertiary/aromatic N) is 3. The van der Waals surface area contributed by atoms with E-state index in [4.69, 9.17) is 16.3 Å². The van der Waals surface area contributed by atoms with Crippen molar-refractivity contribution in [3.8, 4) is 6.01 Å². The molecule has 4 nitrogen and oxygen atoms in total. The summed E-state index contributed by atoms with van der Waals surface area (Å²) in [5.74, 6) is 0. The van der Waals surface area contributed by atoms with Gasteiger partial charge < -0.3 is 4.74 Å². The number of halogens is 1. The molecule has 6 heteroatoms. The molecule has 1 aromatic heterocycles. The Morgan fingerprint density at radius 3 is 2.67 bits per heavy atom. The maximum atomic E-state index is 5.76. The molecule has 1 rings (SSSR count). The second kappa shape index (κ2) is 6.12. The van der Waals surface area contributed by atoms with Crippen LogP contribution in [0, 0.1) is 0 Å². The second-order valence-electron chi connectivity index (χ2n) is 3.18. The monoisotopic (exact) mass is 247 g/mol. The van der Waals surface area contributed by atoms with Crippen molar-refractivity contribution in [3.63, 3.8) is 0 Å². The topological polar surface area (TPSA) is 47.9 Å². The third-order valence-corrected chi connectivity index (χ3v) is 2.38. The van der Waals surface area contributed by atoms with Crippen LogP contribution in [0.15, 0.2) is 5.16 Å². The Hall–Kier alpha value is -0.550. The van der Waals surface area contributed by atoms with Gasteiger partial charge in [0.05, 0.1) is 6.61 Å². The average molecular weight is 248 g/mol. The summed E-state index contributed by atoms with van der Waals surface area (Å²) in [6, 6.07) is 0.306. The van der Waals surface area contributed by atoms with Gasteiger partial charge in [-0.05, 0) is 18.0 Å². The summed E-state index contributed by atoms with van der Waals surface area (Å²) in [6.45, 7) is 6.74. The molecule has 1 aromatic rings. The van der Waals surface area contributed by atoms with Crippen LogP contribution in [0.2, 0.25) is 5.28 Å². The highest BCUT2D eigenvalue weighted by Gasteiger charge is 2.07. The van der Waals surface area contributed by atoms with Crippen LogP contribution in [0.25, 0.3) is 0 Å². The van der Waals surface area contributed by atoms with Gasteiger partial charge in [0.15, 0.2) is 5.16 Å². The molecule has 0 fully saturated rings. The fourth-order valence-corrected chi connectivity index (χ4v) is 1.73. The van der Waals surface area contributed by atoms with Crippen LogP contribution in [0.1, 0.15) is 27.2 Å². The Bertz CT molecular complexity index is 322. The summed E-state index contributed by atoms with van der Waals surface area (Å²) >= 11 is 7.29. The van der Waals surface area contributed by atoms with E-state index in [-0.39, 0.29) is 5.28 Å². The fraction of sp³-hybridized carbons (Fsp3) is 0.667. The second-order valence-corrected chi connectivity index (χ2v) is 5.07. The molecule has 0 spiro atoms. The Morgan fingerprint density at radius 2 is 2.07 bits per heavy atom. The fourth-order valence-electron chi connectivity index (χ4n) is 0.836. The van der Waals surface area contributed by atoms with Crippen molar-refractivity contribution >= 4 is 23.4 Å².